The molecule has 0 unspecified atom stereocenters. The van der Waals surface area contributed by atoms with E-state index in [1.54, 1.807) is 12.1 Å². The third kappa shape index (κ3) is 3.98. The molecule has 16 heteroatoms. The minimum atomic E-state index is -2.19. The number of nitrogens with zero attached hydrogens (tertiary/aromatic N) is 5. The molecule has 222 valence electrons. The zero-order valence-electron chi connectivity index (χ0n) is 22.9. The number of ether oxygens (including phenoxy) is 2. The Balaban J connectivity index is 1.51. The van der Waals surface area contributed by atoms with Crippen LogP contribution in [-0.2, 0) is 33.0 Å². The normalized spacial score (nSPS) is 16.5. The van der Waals surface area contributed by atoms with Crippen molar-refractivity contribution in [1.29, 1.82) is 0 Å². The molecule has 4 aromatic rings. The van der Waals surface area contributed by atoms with Crippen molar-refractivity contribution in [3.05, 3.63) is 111 Å². The van der Waals surface area contributed by atoms with Gasteiger partial charge in [0.2, 0.25) is 5.60 Å². The van der Waals surface area contributed by atoms with E-state index >= 15 is 0 Å². The van der Waals surface area contributed by atoms with Gasteiger partial charge in [0.15, 0.2) is 0 Å². The fraction of sp³-hybridized carbons (Fsp3) is 0.214. The summed E-state index contributed by atoms with van der Waals surface area (Å²) in [6.45, 7) is 2.24. The molecular weight excluding hydrogens is 582 g/mol. The van der Waals surface area contributed by atoms with E-state index in [2.05, 4.69) is 4.98 Å². The first-order valence-electron chi connectivity index (χ1n) is 13.1. The van der Waals surface area contributed by atoms with E-state index in [0.717, 1.165) is 19.1 Å². The predicted octanol–water partition coefficient (Wildman–Crippen LogP) is 3.98. The number of nitro groups is 3. The average Bonchev–Trinajstić information content (AvgIpc) is 3.34. The monoisotopic (exact) mass is 601 g/mol. The zero-order valence-corrected chi connectivity index (χ0v) is 22.9. The van der Waals surface area contributed by atoms with E-state index in [4.69, 9.17) is 9.47 Å². The van der Waals surface area contributed by atoms with Crippen molar-refractivity contribution in [2.24, 2.45) is 0 Å². The van der Waals surface area contributed by atoms with Gasteiger partial charge in [0.25, 0.3) is 22.6 Å². The first-order valence-corrected chi connectivity index (χ1v) is 13.1. The maximum absolute atomic E-state index is 13.7. The number of carbonyl (C=O) groups excluding carboxylic acids is 2. The molecular formula is C28H19N5O11. The van der Waals surface area contributed by atoms with Crippen molar-refractivity contribution in [3.63, 3.8) is 0 Å². The molecule has 0 aliphatic carbocycles. The topological polar surface area (TPSA) is 217 Å². The molecule has 6 rings (SSSR count). The summed E-state index contributed by atoms with van der Waals surface area (Å²) in [6, 6.07) is 9.07. The van der Waals surface area contributed by atoms with Crippen molar-refractivity contribution < 1.29 is 33.8 Å². The summed E-state index contributed by atoms with van der Waals surface area (Å²) >= 11 is 0. The SMILES string of the molecule is CC[C@@]1(OC(=O)c2cc([N+](=O)[O-])c(C)c([N+](=O)[O-])c2)C(=O)OCc2c1cc1n(c2=O)Cc2cc3c([N+](=O)[O-])cccc3nc2-1. The van der Waals surface area contributed by atoms with E-state index in [1.165, 1.54) is 29.7 Å². The van der Waals surface area contributed by atoms with Gasteiger partial charge in [0, 0.05) is 29.3 Å². The van der Waals surface area contributed by atoms with Gasteiger partial charge in [0.05, 0.1) is 54.7 Å². The van der Waals surface area contributed by atoms with E-state index in [9.17, 15) is 44.7 Å². The van der Waals surface area contributed by atoms with Gasteiger partial charge in [-0.2, -0.15) is 0 Å². The van der Waals surface area contributed by atoms with Crippen LogP contribution in [0.3, 0.4) is 0 Å². The minimum absolute atomic E-state index is 0.00532. The van der Waals surface area contributed by atoms with Gasteiger partial charge in [0.1, 0.15) is 12.2 Å². The molecule has 0 bridgehead atoms. The summed E-state index contributed by atoms with van der Waals surface area (Å²) in [5.74, 6) is -2.30. The van der Waals surface area contributed by atoms with Crippen LogP contribution in [0.5, 0.6) is 0 Å². The molecule has 2 aromatic carbocycles. The summed E-state index contributed by atoms with van der Waals surface area (Å²) in [5, 5.41) is 35.0. The molecule has 44 heavy (non-hydrogen) atoms. The Hall–Kier alpha value is -6.06. The van der Waals surface area contributed by atoms with E-state index < -0.39 is 61.4 Å². The van der Waals surface area contributed by atoms with Gasteiger partial charge in [-0.3, -0.25) is 35.1 Å². The number of esters is 2. The van der Waals surface area contributed by atoms with Crippen LogP contribution >= 0.6 is 0 Å². The van der Waals surface area contributed by atoms with Crippen LogP contribution in [0, 0.1) is 37.3 Å². The number of pyridine rings is 2. The second kappa shape index (κ2) is 9.75. The lowest BCUT2D eigenvalue weighted by molar-refractivity contribution is -0.395. The number of hydrogen-bond donors (Lipinski definition) is 0. The number of hydrogen-bond acceptors (Lipinski definition) is 12. The summed E-state index contributed by atoms with van der Waals surface area (Å²) in [5.41, 5.74) is -3.74. The second-order valence-electron chi connectivity index (χ2n) is 10.2. The average molecular weight is 601 g/mol. The number of benzene rings is 2. The lowest BCUT2D eigenvalue weighted by atomic mass is 9.85. The molecule has 1 atom stereocenters. The molecule has 0 radical (unpaired) electrons. The Bertz CT molecular complexity index is 2050. The Labute approximate surface area is 244 Å². The minimum Gasteiger partial charge on any atom is -0.457 e. The summed E-state index contributed by atoms with van der Waals surface area (Å²) in [4.78, 5) is 77.4. The number of aromatic nitrogens is 2. The van der Waals surface area contributed by atoms with Crippen LogP contribution in [0.4, 0.5) is 17.1 Å². The summed E-state index contributed by atoms with van der Waals surface area (Å²) in [6.07, 6.45) is -0.228. The van der Waals surface area contributed by atoms with E-state index in [0.29, 0.717) is 16.8 Å². The predicted molar refractivity (Wildman–Crippen MR) is 149 cm³/mol. The number of fused-ring (bicyclic) bond motifs is 5. The van der Waals surface area contributed by atoms with Gasteiger partial charge >= 0.3 is 11.9 Å². The van der Waals surface area contributed by atoms with Gasteiger partial charge in [-0.1, -0.05) is 13.0 Å². The highest BCUT2D eigenvalue weighted by Crippen LogP contribution is 2.42. The Morgan fingerprint density at radius 3 is 2.30 bits per heavy atom. The zero-order chi connectivity index (χ0) is 31.7. The Morgan fingerprint density at radius 1 is 1.02 bits per heavy atom. The lowest BCUT2D eigenvalue weighted by Gasteiger charge is -2.35. The largest absolute Gasteiger partial charge is 0.457 e. The molecule has 2 aromatic heterocycles. The summed E-state index contributed by atoms with van der Waals surface area (Å²) in [7, 11) is 0. The van der Waals surface area contributed by atoms with Crippen LogP contribution in [-0.4, -0.2) is 36.3 Å². The molecule has 16 nitrogen and oxygen atoms in total. The lowest BCUT2D eigenvalue weighted by Crippen LogP contribution is -2.47. The van der Waals surface area contributed by atoms with Crippen molar-refractivity contribution in [3.8, 4) is 11.4 Å². The smallest absolute Gasteiger partial charge is 0.355 e. The van der Waals surface area contributed by atoms with Crippen LogP contribution in [0.15, 0.2) is 47.3 Å². The second-order valence-corrected chi connectivity index (χ2v) is 10.2. The van der Waals surface area contributed by atoms with Crippen molar-refractivity contribution >= 4 is 39.9 Å². The van der Waals surface area contributed by atoms with Crippen LogP contribution in [0.25, 0.3) is 22.3 Å². The number of rotatable bonds is 6. The highest BCUT2D eigenvalue weighted by atomic mass is 16.6. The van der Waals surface area contributed by atoms with Gasteiger partial charge in [-0.05, 0) is 31.5 Å². The molecule has 0 amide bonds. The fourth-order valence-electron chi connectivity index (χ4n) is 5.70. The van der Waals surface area contributed by atoms with Crippen LogP contribution in [0.1, 0.15) is 46.0 Å². The first kappa shape index (κ1) is 28.1. The fourth-order valence-corrected chi connectivity index (χ4v) is 5.70. The van der Waals surface area contributed by atoms with Crippen LogP contribution < -0.4 is 5.56 Å². The van der Waals surface area contributed by atoms with Crippen molar-refractivity contribution in [2.75, 3.05) is 0 Å². The molecule has 0 fully saturated rings. The molecule has 0 spiro atoms. The molecule has 4 heterocycles. The quantitative estimate of drug-likeness (QED) is 0.153. The standard InChI is InChI=1S/C28H19N5O11/c1-3-28(44-26(35)14-8-21(32(39)40)13(2)22(9-14)33(41)42)18-10-23-24-15(11-30(23)25(34)17(18)12-43-27(28)36)7-16-19(29-24)5-4-6-20(16)31(37)38/h4-10H,3,11-12H2,1-2H3/t28-/m0/s1. The summed E-state index contributed by atoms with van der Waals surface area (Å²) < 4.78 is 12.3. The molecule has 0 saturated carbocycles. The number of nitro benzene ring substituents is 3. The van der Waals surface area contributed by atoms with E-state index in [1.807, 2.05) is 0 Å². The molecule has 0 N–H and O–H groups in total. The Morgan fingerprint density at radius 2 is 1.68 bits per heavy atom. The van der Waals surface area contributed by atoms with Gasteiger partial charge in [-0.25, -0.2) is 14.6 Å². The first-order chi connectivity index (χ1) is 20.9. The number of carbonyl (C=O) groups is 2. The van der Waals surface area contributed by atoms with Crippen molar-refractivity contribution in [1.82, 2.24) is 9.55 Å². The highest BCUT2D eigenvalue weighted by molar-refractivity contribution is 5.96. The third-order valence-electron chi connectivity index (χ3n) is 7.94. The molecule has 0 saturated heterocycles. The molecule has 2 aliphatic rings. The van der Waals surface area contributed by atoms with E-state index in [-0.39, 0.29) is 46.4 Å². The van der Waals surface area contributed by atoms with Gasteiger partial charge in [-0.15, -0.1) is 0 Å². The Kier molecular flexibility index (Phi) is 6.22. The van der Waals surface area contributed by atoms with Crippen LogP contribution in [0.2, 0.25) is 0 Å². The molecule has 2 aliphatic heterocycles. The maximum Gasteiger partial charge on any atom is 0.355 e. The number of cyclic esters (lactones) is 1. The highest BCUT2D eigenvalue weighted by Gasteiger charge is 2.51. The van der Waals surface area contributed by atoms with Gasteiger partial charge < -0.3 is 14.0 Å². The maximum atomic E-state index is 13.7. The van der Waals surface area contributed by atoms with Crippen molar-refractivity contribution in [2.45, 2.75) is 39.0 Å². The third-order valence-corrected chi connectivity index (χ3v) is 7.94. The number of non-ortho nitro benzene ring substituents is 1.